The summed E-state index contributed by atoms with van der Waals surface area (Å²) in [6, 6.07) is 13.8. The van der Waals surface area contributed by atoms with Crippen LogP contribution in [0.1, 0.15) is 32.8 Å². The lowest BCUT2D eigenvalue weighted by Gasteiger charge is -2.33. The van der Waals surface area contributed by atoms with Gasteiger partial charge in [0.15, 0.2) is 0 Å². The van der Waals surface area contributed by atoms with Gasteiger partial charge in [0.2, 0.25) is 5.91 Å². The second-order valence-corrected chi connectivity index (χ2v) is 6.51. The Morgan fingerprint density at radius 3 is 2.43 bits per heavy atom. The third-order valence-electron chi connectivity index (χ3n) is 4.45. The second-order valence-electron chi connectivity index (χ2n) is 6.51. The van der Waals surface area contributed by atoms with Gasteiger partial charge in [-0.15, -0.1) is 0 Å². The van der Waals surface area contributed by atoms with Gasteiger partial charge in [-0.1, -0.05) is 56.3 Å². The highest BCUT2D eigenvalue weighted by molar-refractivity contribution is 5.90. The number of carbonyl (C=O) groups is 2. The number of amides is 1. The van der Waals surface area contributed by atoms with Gasteiger partial charge in [0.25, 0.3) is 0 Å². The quantitative estimate of drug-likeness (QED) is 0.859. The summed E-state index contributed by atoms with van der Waals surface area (Å²) in [5.74, 6) is -1.04. The third-order valence-corrected chi connectivity index (χ3v) is 4.45. The molecule has 0 aromatic heterocycles. The summed E-state index contributed by atoms with van der Waals surface area (Å²) in [4.78, 5) is 23.5. The van der Waals surface area contributed by atoms with E-state index in [1.165, 1.54) is 0 Å². The molecular weight excluding hydrogens is 290 g/mol. The Kier molecular flexibility index (Phi) is 5.04. The fourth-order valence-electron chi connectivity index (χ4n) is 2.69. The van der Waals surface area contributed by atoms with E-state index in [1.807, 2.05) is 56.3 Å². The molecule has 0 saturated heterocycles. The van der Waals surface area contributed by atoms with E-state index in [-0.39, 0.29) is 24.7 Å². The van der Waals surface area contributed by atoms with Crippen molar-refractivity contribution >= 4 is 22.6 Å². The average molecular weight is 313 g/mol. The van der Waals surface area contributed by atoms with Gasteiger partial charge in [0.05, 0.1) is 12.8 Å². The fraction of sp³-hybridized carbons (Fsp3) is 0.368. The molecule has 2 N–H and O–H groups in total. The number of carboxylic acid groups (broad SMARTS) is 1. The molecule has 1 atom stereocenters. The standard InChI is InChI=1S/C19H23NO3/c1-13(2)19(3,12-18(22)23)20-17(21)11-15-9-6-8-14-7-4-5-10-16(14)15/h4-10,13H,11-12H2,1-3H3,(H,20,21)(H,22,23). The average Bonchev–Trinajstić information content (AvgIpc) is 2.46. The molecule has 4 heteroatoms. The number of aliphatic carboxylic acids is 1. The Balaban J connectivity index is 2.19. The summed E-state index contributed by atoms with van der Waals surface area (Å²) in [7, 11) is 0. The Morgan fingerprint density at radius 1 is 1.13 bits per heavy atom. The highest BCUT2D eigenvalue weighted by Crippen LogP contribution is 2.22. The molecule has 2 aromatic carbocycles. The molecule has 2 aromatic rings. The van der Waals surface area contributed by atoms with Crippen molar-refractivity contribution in [3.05, 3.63) is 48.0 Å². The zero-order chi connectivity index (χ0) is 17.0. The lowest BCUT2D eigenvalue weighted by molar-refractivity contribution is -0.139. The summed E-state index contributed by atoms with van der Waals surface area (Å²) < 4.78 is 0. The van der Waals surface area contributed by atoms with Crippen molar-refractivity contribution in [1.29, 1.82) is 0 Å². The van der Waals surface area contributed by atoms with E-state index < -0.39 is 11.5 Å². The SMILES string of the molecule is CC(C)C(C)(CC(=O)O)NC(=O)Cc1cccc2ccccc12. The van der Waals surface area contributed by atoms with Crippen LogP contribution in [0, 0.1) is 5.92 Å². The maximum absolute atomic E-state index is 12.5. The molecule has 0 aliphatic rings. The number of benzene rings is 2. The highest BCUT2D eigenvalue weighted by Gasteiger charge is 2.32. The first kappa shape index (κ1) is 17.0. The number of hydrogen-bond donors (Lipinski definition) is 2. The van der Waals surface area contributed by atoms with Crippen LogP contribution >= 0.6 is 0 Å². The number of carboxylic acids is 1. The normalized spacial score (nSPS) is 13.7. The molecule has 1 unspecified atom stereocenters. The first-order chi connectivity index (χ1) is 10.8. The van der Waals surface area contributed by atoms with E-state index in [9.17, 15) is 9.59 Å². The van der Waals surface area contributed by atoms with Crippen LogP contribution in [0.2, 0.25) is 0 Å². The number of fused-ring (bicyclic) bond motifs is 1. The molecule has 4 nitrogen and oxygen atoms in total. The molecule has 0 fully saturated rings. The maximum Gasteiger partial charge on any atom is 0.305 e. The Labute approximate surface area is 136 Å². The van der Waals surface area contributed by atoms with Gasteiger partial charge in [-0.3, -0.25) is 9.59 Å². The molecule has 23 heavy (non-hydrogen) atoms. The number of hydrogen-bond acceptors (Lipinski definition) is 2. The molecule has 0 spiro atoms. The van der Waals surface area contributed by atoms with E-state index in [4.69, 9.17) is 5.11 Å². The van der Waals surface area contributed by atoms with Crippen molar-refractivity contribution in [2.24, 2.45) is 5.92 Å². The largest absolute Gasteiger partial charge is 0.481 e. The predicted octanol–water partition coefficient (Wildman–Crippen LogP) is 3.39. The molecule has 0 radical (unpaired) electrons. The molecule has 0 bridgehead atoms. The van der Waals surface area contributed by atoms with E-state index in [0.29, 0.717) is 0 Å². The molecule has 0 aliphatic carbocycles. The molecule has 1 amide bonds. The van der Waals surface area contributed by atoms with Gasteiger partial charge >= 0.3 is 5.97 Å². The number of nitrogens with one attached hydrogen (secondary N) is 1. The van der Waals surface area contributed by atoms with Crippen LogP contribution in [0.15, 0.2) is 42.5 Å². The van der Waals surface area contributed by atoms with Crippen LogP contribution in [0.3, 0.4) is 0 Å². The van der Waals surface area contributed by atoms with Crippen molar-refractivity contribution in [3.63, 3.8) is 0 Å². The van der Waals surface area contributed by atoms with Crippen LogP contribution in [-0.2, 0) is 16.0 Å². The topological polar surface area (TPSA) is 66.4 Å². The Morgan fingerprint density at radius 2 is 1.78 bits per heavy atom. The van der Waals surface area contributed by atoms with Crippen molar-refractivity contribution < 1.29 is 14.7 Å². The van der Waals surface area contributed by atoms with E-state index in [0.717, 1.165) is 16.3 Å². The van der Waals surface area contributed by atoms with Gasteiger partial charge < -0.3 is 10.4 Å². The van der Waals surface area contributed by atoms with Gasteiger partial charge in [-0.2, -0.15) is 0 Å². The maximum atomic E-state index is 12.5. The van der Waals surface area contributed by atoms with Gasteiger partial charge in [-0.05, 0) is 29.2 Å². The van der Waals surface area contributed by atoms with Crippen LogP contribution in [0.4, 0.5) is 0 Å². The minimum atomic E-state index is -0.910. The van der Waals surface area contributed by atoms with Crippen LogP contribution in [0.25, 0.3) is 10.8 Å². The van der Waals surface area contributed by atoms with E-state index in [1.54, 1.807) is 6.92 Å². The van der Waals surface area contributed by atoms with Crippen molar-refractivity contribution in [1.82, 2.24) is 5.32 Å². The first-order valence-electron chi connectivity index (χ1n) is 7.81. The summed E-state index contributed by atoms with van der Waals surface area (Å²) >= 11 is 0. The lowest BCUT2D eigenvalue weighted by Crippen LogP contribution is -2.51. The molecule has 0 heterocycles. The zero-order valence-electron chi connectivity index (χ0n) is 13.8. The van der Waals surface area contributed by atoms with Crippen molar-refractivity contribution in [2.45, 2.75) is 39.2 Å². The van der Waals surface area contributed by atoms with Crippen molar-refractivity contribution in [2.75, 3.05) is 0 Å². The van der Waals surface area contributed by atoms with Gasteiger partial charge in [0.1, 0.15) is 0 Å². The highest BCUT2D eigenvalue weighted by atomic mass is 16.4. The number of rotatable bonds is 6. The lowest BCUT2D eigenvalue weighted by atomic mass is 9.85. The smallest absolute Gasteiger partial charge is 0.305 e. The third kappa shape index (κ3) is 4.09. The van der Waals surface area contributed by atoms with Gasteiger partial charge in [0, 0.05) is 5.54 Å². The summed E-state index contributed by atoms with van der Waals surface area (Å²) in [5, 5.41) is 14.2. The van der Waals surface area contributed by atoms with Crippen LogP contribution in [-0.4, -0.2) is 22.5 Å². The molecular formula is C19H23NO3. The van der Waals surface area contributed by atoms with Crippen LogP contribution < -0.4 is 5.32 Å². The molecule has 0 aliphatic heterocycles. The summed E-state index contributed by atoms with van der Waals surface area (Å²) in [5.41, 5.74) is 0.190. The predicted molar refractivity (Wildman–Crippen MR) is 91.3 cm³/mol. The molecule has 122 valence electrons. The molecule has 0 saturated carbocycles. The fourth-order valence-corrected chi connectivity index (χ4v) is 2.69. The second kappa shape index (κ2) is 6.82. The Bertz CT molecular complexity index is 718. The van der Waals surface area contributed by atoms with Crippen molar-refractivity contribution in [3.8, 4) is 0 Å². The minimum absolute atomic E-state index is 0.0232. The summed E-state index contributed by atoms with van der Waals surface area (Å²) in [6.45, 7) is 5.62. The number of carbonyl (C=O) groups excluding carboxylic acids is 1. The monoisotopic (exact) mass is 313 g/mol. The molecule has 2 rings (SSSR count). The summed E-state index contributed by atoms with van der Waals surface area (Å²) in [6.07, 6.45) is 0.148. The zero-order valence-corrected chi connectivity index (χ0v) is 13.8. The van der Waals surface area contributed by atoms with E-state index >= 15 is 0 Å². The minimum Gasteiger partial charge on any atom is -0.481 e. The van der Waals surface area contributed by atoms with Gasteiger partial charge in [-0.25, -0.2) is 0 Å². The first-order valence-corrected chi connectivity index (χ1v) is 7.81. The van der Waals surface area contributed by atoms with E-state index in [2.05, 4.69) is 5.32 Å². The van der Waals surface area contributed by atoms with Crippen LogP contribution in [0.5, 0.6) is 0 Å². The Hall–Kier alpha value is -2.36.